The van der Waals surface area contributed by atoms with Crippen LogP contribution in [0.1, 0.15) is 43.2 Å². The zero-order valence-corrected chi connectivity index (χ0v) is 13.9. The van der Waals surface area contributed by atoms with Crippen LogP contribution < -0.4 is 10.1 Å². The number of nitriles is 1. The van der Waals surface area contributed by atoms with Crippen molar-refractivity contribution in [2.45, 2.75) is 32.6 Å². The van der Waals surface area contributed by atoms with E-state index in [1.807, 2.05) is 6.07 Å². The first-order valence-corrected chi connectivity index (χ1v) is 8.24. The van der Waals surface area contributed by atoms with Gasteiger partial charge in [-0.3, -0.25) is 10.1 Å². The van der Waals surface area contributed by atoms with Crippen molar-refractivity contribution in [1.29, 1.82) is 5.26 Å². The van der Waals surface area contributed by atoms with Gasteiger partial charge in [-0.2, -0.15) is 5.26 Å². The van der Waals surface area contributed by atoms with Crippen LogP contribution in [0.2, 0.25) is 0 Å². The van der Waals surface area contributed by atoms with E-state index in [1.165, 1.54) is 11.3 Å². The first-order valence-electron chi connectivity index (χ1n) is 7.43. The number of rotatable bonds is 7. The van der Waals surface area contributed by atoms with E-state index in [9.17, 15) is 4.79 Å². The highest BCUT2D eigenvalue weighted by molar-refractivity contribution is 7.15. The number of carbonyl (C=O) groups is 1. The molecule has 0 aliphatic heterocycles. The van der Waals surface area contributed by atoms with Gasteiger partial charge < -0.3 is 4.74 Å². The summed E-state index contributed by atoms with van der Waals surface area (Å²) >= 11 is 1.39. The van der Waals surface area contributed by atoms with E-state index in [0.29, 0.717) is 22.4 Å². The van der Waals surface area contributed by atoms with Crippen LogP contribution in [0.5, 0.6) is 5.75 Å². The van der Waals surface area contributed by atoms with Crippen molar-refractivity contribution in [2.75, 3.05) is 11.9 Å². The number of ether oxygens (including phenoxy) is 1. The lowest BCUT2D eigenvalue weighted by molar-refractivity contribution is -0.118. The largest absolute Gasteiger partial charge is 0.482 e. The quantitative estimate of drug-likeness (QED) is 0.841. The van der Waals surface area contributed by atoms with Crippen LogP contribution in [0.25, 0.3) is 0 Å². The molecule has 7 heteroatoms. The summed E-state index contributed by atoms with van der Waals surface area (Å²) in [6.07, 6.45) is 1.99. The summed E-state index contributed by atoms with van der Waals surface area (Å²) in [5.74, 6) is 0.432. The van der Waals surface area contributed by atoms with Crippen molar-refractivity contribution >= 4 is 22.4 Å². The van der Waals surface area contributed by atoms with E-state index < -0.39 is 0 Å². The number of hydrogen-bond donors (Lipinski definition) is 1. The molecule has 2 aromatic rings. The molecule has 120 valence electrons. The summed E-state index contributed by atoms with van der Waals surface area (Å²) in [6.45, 7) is 4.03. The average molecular weight is 330 g/mol. The number of nitrogens with zero attached hydrogens (tertiary/aromatic N) is 3. The molecule has 1 aromatic carbocycles. The van der Waals surface area contributed by atoms with Crippen LogP contribution in [0, 0.1) is 11.3 Å². The van der Waals surface area contributed by atoms with Crippen LogP contribution in [0.15, 0.2) is 24.3 Å². The number of amides is 1. The minimum absolute atomic E-state index is 0.182. The van der Waals surface area contributed by atoms with E-state index >= 15 is 0 Å². The van der Waals surface area contributed by atoms with Crippen molar-refractivity contribution in [2.24, 2.45) is 0 Å². The van der Waals surface area contributed by atoms with Gasteiger partial charge in [0, 0.05) is 5.92 Å². The minimum Gasteiger partial charge on any atom is -0.482 e. The maximum atomic E-state index is 11.9. The van der Waals surface area contributed by atoms with Gasteiger partial charge in [0.15, 0.2) is 6.61 Å². The van der Waals surface area contributed by atoms with E-state index in [-0.39, 0.29) is 12.5 Å². The summed E-state index contributed by atoms with van der Waals surface area (Å²) in [6, 6.07) is 8.81. The van der Waals surface area contributed by atoms with Gasteiger partial charge in [0.1, 0.15) is 16.8 Å². The Kier molecular flexibility index (Phi) is 6.06. The van der Waals surface area contributed by atoms with E-state index in [1.54, 1.807) is 24.3 Å². The molecule has 0 fully saturated rings. The molecule has 23 heavy (non-hydrogen) atoms. The third kappa shape index (κ3) is 4.50. The number of para-hydroxylation sites is 1. The Morgan fingerprint density at radius 2 is 2.09 bits per heavy atom. The first kappa shape index (κ1) is 16.9. The lowest BCUT2D eigenvalue weighted by atomic mass is 10.1. The normalized spacial score (nSPS) is 10.3. The zero-order valence-electron chi connectivity index (χ0n) is 13.1. The summed E-state index contributed by atoms with van der Waals surface area (Å²) in [4.78, 5) is 11.9. The van der Waals surface area contributed by atoms with Gasteiger partial charge in [-0.15, -0.1) is 10.2 Å². The highest BCUT2D eigenvalue weighted by atomic mass is 32.1. The SMILES string of the molecule is CCC(CC)c1nnc(NC(=O)COc2ccccc2C#N)s1. The third-order valence-electron chi connectivity index (χ3n) is 3.39. The summed E-state index contributed by atoms with van der Waals surface area (Å²) in [5, 5.41) is 21.2. The van der Waals surface area contributed by atoms with E-state index in [0.717, 1.165) is 17.8 Å². The van der Waals surface area contributed by atoms with Gasteiger partial charge in [0.05, 0.1) is 5.56 Å². The lowest BCUT2D eigenvalue weighted by Gasteiger charge is -2.07. The van der Waals surface area contributed by atoms with Crippen molar-refractivity contribution in [3.8, 4) is 11.8 Å². The second-order valence-electron chi connectivity index (χ2n) is 4.90. The van der Waals surface area contributed by atoms with Gasteiger partial charge in [-0.25, -0.2) is 0 Å². The molecule has 0 spiro atoms. The predicted molar refractivity (Wildman–Crippen MR) is 88.5 cm³/mol. The smallest absolute Gasteiger partial charge is 0.264 e. The maximum Gasteiger partial charge on any atom is 0.264 e. The Labute approximate surface area is 139 Å². The molecule has 0 saturated heterocycles. The fourth-order valence-corrected chi connectivity index (χ4v) is 3.10. The summed E-state index contributed by atoms with van der Waals surface area (Å²) in [7, 11) is 0. The maximum absolute atomic E-state index is 11.9. The second-order valence-corrected chi connectivity index (χ2v) is 5.91. The fourth-order valence-electron chi connectivity index (χ4n) is 2.07. The van der Waals surface area contributed by atoms with Crippen LogP contribution in [-0.4, -0.2) is 22.7 Å². The van der Waals surface area contributed by atoms with E-state index in [4.69, 9.17) is 10.00 Å². The molecule has 0 unspecified atom stereocenters. The predicted octanol–water partition coefficient (Wildman–Crippen LogP) is 3.33. The molecule has 0 atom stereocenters. The monoisotopic (exact) mass is 330 g/mol. The Balaban J connectivity index is 1.91. The second kappa shape index (κ2) is 8.25. The number of nitrogens with one attached hydrogen (secondary N) is 1. The summed E-state index contributed by atoms with van der Waals surface area (Å²) < 4.78 is 5.38. The molecule has 0 radical (unpaired) electrons. The first-order chi connectivity index (χ1) is 11.2. The van der Waals surface area contributed by atoms with Crippen LogP contribution in [0.3, 0.4) is 0 Å². The van der Waals surface area contributed by atoms with Gasteiger partial charge in [0.25, 0.3) is 5.91 Å². The molecule has 1 heterocycles. The Morgan fingerprint density at radius 1 is 1.35 bits per heavy atom. The average Bonchev–Trinajstić information content (AvgIpc) is 3.02. The molecule has 0 aliphatic carbocycles. The highest BCUT2D eigenvalue weighted by Crippen LogP contribution is 2.28. The fraction of sp³-hybridized carbons (Fsp3) is 0.375. The topological polar surface area (TPSA) is 87.9 Å². The summed E-state index contributed by atoms with van der Waals surface area (Å²) in [5.41, 5.74) is 0.396. The molecule has 0 saturated carbocycles. The van der Waals surface area contributed by atoms with E-state index in [2.05, 4.69) is 29.4 Å². The van der Waals surface area contributed by atoms with Gasteiger partial charge in [-0.1, -0.05) is 37.3 Å². The Morgan fingerprint density at radius 3 is 2.78 bits per heavy atom. The molecule has 0 bridgehead atoms. The van der Waals surface area contributed by atoms with Gasteiger partial charge in [0.2, 0.25) is 5.13 Å². The highest BCUT2D eigenvalue weighted by Gasteiger charge is 2.15. The minimum atomic E-state index is -0.329. The van der Waals surface area contributed by atoms with Gasteiger partial charge in [-0.05, 0) is 25.0 Å². The number of benzene rings is 1. The molecule has 1 amide bonds. The molecule has 0 aliphatic rings. The standard InChI is InChI=1S/C16H18N4O2S/c1-3-11(4-2)15-19-20-16(23-15)18-14(21)10-22-13-8-6-5-7-12(13)9-17/h5-8,11H,3-4,10H2,1-2H3,(H,18,20,21). The molecular weight excluding hydrogens is 312 g/mol. The van der Waals surface area contributed by atoms with Crippen molar-refractivity contribution in [3.63, 3.8) is 0 Å². The van der Waals surface area contributed by atoms with Gasteiger partial charge >= 0.3 is 0 Å². The number of anilines is 1. The molecule has 6 nitrogen and oxygen atoms in total. The Bertz CT molecular complexity index is 704. The molecule has 1 aromatic heterocycles. The number of carbonyl (C=O) groups excluding carboxylic acids is 1. The Hall–Kier alpha value is -2.46. The van der Waals surface area contributed by atoms with Crippen molar-refractivity contribution < 1.29 is 9.53 Å². The number of aromatic nitrogens is 2. The molecule has 1 N–H and O–H groups in total. The molecular formula is C16H18N4O2S. The van der Waals surface area contributed by atoms with Crippen LogP contribution in [0.4, 0.5) is 5.13 Å². The van der Waals surface area contributed by atoms with Crippen LogP contribution in [-0.2, 0) is 4.79 Å². The van der Waals surface area contributed by atoms with Crippen molar-refractivity contribution in [3.05, 3.63) is 34.8 Å². The number of hydrogen-bond acceptors (Lipinski definition) is 6. The van der Waals surface area contributed by atoms with Crippen LogP contribution >= 0.6 is 11.3 Å². The molecule has 2 rings (SSSR count). The zero-order chi connectivity index (χ0) is 16.7. The third-order valence-corrected chi connectivity index (χ3v) is 4.39. The van der Waals surface area contributed by atoms with Crippen molar-refractivity contribution in [1.82, 2.24) is 10.2 Å². The lowest BCUT2D eigenvalue weighted by Crippen LogP contribution is -2.20.